The first kappa shape index (κ1) is 15.9. The number of aliphatic hydroxyl groups excluding tert-OH is 1. The Hall–Kier alpha value is -1.44. The molecule has 0 aliphatic heterocycles. The topological polar surface area (TPSA) is 79.5 Å². The number of para-hydroxylation sites is 1. The summed E-state index contributed by atoms with van der Waals surface area (Å²) in [5.41, 5.74) is 0.800. The third-order valence-electron chi connectivity index (χ3n) is 3.10. The molecule has 0 amide bonds. The van der Waals surface area contributed by atoms with E-state index in [1.165, 1.54) is 11.8 Å². The van der Waals surface area contributed by atoms with E-state index in [1.54, 1.807) is 26.0 Å². The Morgan fingerprint density at radius 2 is 1.90 bits per heavy atom. The Kier molecular flexibility index (Phi) is 4.65. The summed E-state index contributed by atoms with van der Waals surface area (Å²) in [5.74, 6) is 0.680. The number of furan rings is 1. The van der Waals surface area contributed by atoms with Gasteiger partial charge in [-0.2, -0.15) is 0 Å². The van der Waals surface area contributed by atoms with Crippen LogP contribution in [0.15, 0.2) is 38.5 Å². The van der Waals surface area contributed by atoms with Gasteiger partial charge in [-0.15, -0.1) is 11.8 Å². The second-order valence-corrected chi connectivity index (χ2v) is 6.95. The van der Waals surface area contributed by atoms with Crippen molar-refractivity contribution >= 4 is 27.5 Å². The molecule has 7 heteroatoms. The van der Waals surface area contributed by atoms with Crippen LogP contribution >= 0.6 is 11.8 Å². The summed E-state index contributed by atoms with van der Waals surface area (Å²) in [4.78, 5) is 0.836. The van der Waals surface area contributed by atoms with Gasteiger partial charge in [-0.05, 0) is 32.2 Å². The average molecular weight is 327 g/mol. The Morgan fingerprint density at radius 3 is 2.52 bits per heavy atom. The van der Waals surface area contributed by atoms with E-state index in [0.29, 0.717) is 17.0 Å². The van der Waals surface area contributed by atoms with Crippen molar-refractivity contribution in [1.29, 1.82) is 0 Å². The Labute approximate surface area is 128 Å². The zero-order valence-corrected chi connectivity index (χ0v) is 13.6. The molecule has 0 saturated heterocycles. The number of hydrogen-bond donors (Lipinski definition) is 2. The summed E-state index contributed by atoms with van der Waals surface area (Å²) in [7, 11) is -3.82. The molecule has 0 aliphatic carbocycles. The van der Waals surface area contributed by atoms with Crippen molar-refractivity contribution in [3.05, 3.63) is 41.3 Å². The van der Waals surface area contributed by atoms with Crippen molar-refractivity contribution < 1.29 is 17.9 Å². The van der Waals surface area contributed by atoms with E-state index in [-0.39, 0.29) is 17.3 Å². The maximum atomic E-state index is 12.6. The van der Waals surface area contributed by atoms with Crippen LogP contribution in [-0.4, -0.2) is 19.8 Å². The number of rotatable bonds is 5. The van der Waals surface area contributed by atoms with E-state index in [9.17, 15) is 13.5 Å². The molecule has 1 aromatic carbocycles. The molecule has 0 atom stereocenters. The Balaban J connectivity index is 2.49. The third kappa shape index (κ3) is 3.09. The highest BCUT2D eigenvalue weighted by Crippen LogP contribution is 2.31. The molecule has 1 aromatic heterocycles. The van der Waals surface area contributed by atoms with Gasteiger partial charge in [0.15, 0.2) is 0 Å². The van der Waals surface area contributed by atoms with Gasteiger partial charge in [0.1, 0.15) is 16.4 Å². The number of sulfonamides is 1. The SMILES string of the molecule is CSc1ccccc1NS(=O)(=O)c1c(C)oc(C)c1CO. The van der Waals surface area contributed by atoms with E-state index < -0.39 is 10.0 Å². The molecule has 0 spiro atoms. The van der Waals surface area contributed by atoms with Gasteiger partial charge < -0.3 is 9.52 Å². The predicted octanol–water partition coefficient (Wildman–Crippen LogP) is 2.91. The minimum Gasteiger partial charge on any atom is -0.465 e. The lowest BCUT2D eigenvalue weighted by Gasteiger charge is -2.11. The molecule has 0 bridgehead atoms. The highest BCUT2D eigenvalue weighted by atomic mass is 32.2. The monoisotopic (exact) mass is 327 g/mol. The zero-order chi connectivity index (χ0) is 15.6. The lowest BCUT2D eigenvalue weighted by Crippen LogP contribution is -2.15. The van der Waals surface area contributed by atoms with E-state index in [2.05, 4.69) is 4.72 Å². The van der Waals surface area contributed by atoms with Crippen molar-refractivity contribution in [2.24, 2.45) is 0 Å². The summed E-state index contributed by atoms with van der Waals surface area (Å²) in [6.45, 7) is 2.82. The number of aliphatic hydroxyl groups is 1. The standard InChI is InChI=1S/C14H17NO4S2/c1-9-11(8-16)14(10(2)19-9)21(17,18)15-12-6-4-5-7-13(12)20-3/h4-7,15-16H,8H2,1-3H3. The number of thioether (sulfide) groups is 1. The molecule has 0 saturated carbocycles. The highest BCUT2D eigenvalue weighted by molar-refractivity contribution is 7.99. The van der Waals surface area contributed by atoms with Crippen molar-refractivity contribution in [2.75, 3.05) is 11.0 Å². The summed E-state index contributed by atoms with van der Waals surface area (Å²) < 4.78 is 33.1. The molecular weight excluding hydrogens is 310 g/mol. The largest absolute Gasteiger partial charge is 0.465 e. The molecule has 5 nitrogen and oxygen atoms in total. The van der Waals surface area contributed by atoms with Gasteiger partial charge in [-0.25, -0.2) is 8.42 Å². The first-order valence-electron chi connectivity index (χ1n) is 6.26. The van der Waals surface area contributed by atoms with Gasteiger partial charge in [-0.3, -0.25) is 4.72 Å². The quantitative estimate of drug-likeness (QED) is 0.826. The molecule has 1 heterocycles. The molecule has 114 valence electrons. The maximum absolute atomic E-state index is 12.6. The number of benzene rings is 1. The molecular formula is C14H17NO4S2. The zero-order valence-electron chi connectivity index (χ0n) is 12.0. The normalized spacial score (nSPS) is 11.6. The second-order valence-electron chi connectivity index (χ2n) is 4.49. The minimum atomic E-state index is -3.82. The van der Waals surface area contributed by atoms with Gasteiger partial charge in [0.2, 0.25) is 0 Å². The van der Waals surface area contributed by atoms with Gasteiger partial charge in [0.05, 0.1) is 12.3 Å². The Morgan fingerprint density at radius 1 is 1.24 bits per heavy atom. The molecule has 0 unspecified atom stereocenters. The molecule has 2 rings (SSSR count). The van der Waals surface area contributed by atoms with Crippen LogP contribution in [0.2, 0.25) is 0 Å². The van der Waals surface area contributed by atoms with Crippen LogP contribution in [0.5, 0.6) is 0 Å². The smallest absolute Gasteiger partial charge is 0.265 e. The lowest BCUT2D eigenvalue weighted by molar-refractivity contribution is 0.276. The summed E-state index contributed by atoms with van der Waals surface area (Å²) in [6, 6.07) is 7.14. The molecule has 2 aromatic rings. The molecule has 0 aliphatic rings. The summed E-state index contributed by atoms with van der Waals surface area (Å²) >= 11 is 1.45. The number of aryl methyl sites for hydroxylation is 2. The second kappa shape index (κ2) is 6.13. The van der Waals surface area contributed by atoms with Gasteiger partial charge in [0, 0.05) is 10.5 Å². The first-order valence-corrected chi connectivity index (χ1v) is 8.97. The van der Waals surface area contributed by atoms with E-state index in [0.717, 1.165) is 4.90 Å². The highest BCUT2D eigenvalue weighted by Gasteiger charge is 2.27. The van der Waals surface area contributed by atoms with Gasteiger partial charge in [0.25, 0.3) is 10.0 Å². The van der Waals surface area contributed by atoms with Crippen LogP contribution in [-0.2, 0) is 16.6 Å². The van der Waals surface area contributed by atoms with Crippen molar-refractivity contribution in [3.8, 4) is 0 Å². The molecule has 2 N–H and O–H groups in total. The Bertz CT molecular complexity index is 750. The summed E-state index contributed by atoms with van der Waals surface area (Å²) in [6.07, 6.45) is 1.87. The minimum absolute atomic E-state index is 0.0124. The maximum Gasteiger partial charge on any atom is 0.265 e. The van der Waals surface area contributed by atoms with Crippen molar-refractivity contribution in [1.82, 2.24) is 0 Å². The fourth-order valence-electron chi connectivity index (χ4n) is 2.17. The summed E-state index contributed by atoms with van der Waals surface area (Å²) in [5, 5.41) is 9.39. The lowest BCUT2D eigenvalue weighted by atomic mass is 10.2. The fourth-order valence-corrected chi connectivity index (χ4v) is 4.31. The first-order chi connectivity index (χ1) is 9.90. The van der Waals surface area contributed by atoms with E-state index in [1.807, 2.05) is 18.4 Å². The van der Waals surface area contributed by atoms with Crippen molar-refractivity contribution in [3.63, 3.8) is 0 Å². The van der Waals surface area contributed by atoms with Crippen LogP contribution in [0.1, 0.15) is 17.1 Å². The predicted molar refractivity (Wildman–Crippen MR) is 83.1 cm³/mol. The van der Waals surface area contributed by atoms with Crippen LogP contribution in [0.4, 0.5) is 5.69 Å². The molecule has 0 fully saturated rings. The number of anilines is 1. The van der Waals surface area contributed by atoms with Gasteiger partial charge in [-0.1, -0.05) is 12.1 Å². The van der Waals surface area contributed by atoms with Crippen LogP contribution < -0.4 is 4.72 Å². The van der Waals surface area contributed by atoms with Crippen LogP contribution in [0.25, 0.3) is 0 Å². The average Bonchev–Trinajstić information content (AvgIpc) is 2.73. The number of nitrogens with one attached hydrogen (secondary N) is 1. The number of hydrogen-bond acceptors (Lipinski definition) is 5. The van der Waals surface area contributed by atoms with Gasteiger partial charge >= 0.3 is 0 Å². The fraction of sp³-hybridized carbons (Fsp3) is 0.286. The van der Waals surface area contributed by atoms with Crippen LogP contribution in [0.3, 0.4) is 0 Å². The van der Waals surface area contributed by atoms with E-state index in [4.69, 9.17) is 4.42 Å². The molecule has 21 heavy (non-hydrogen) atoms. The van der Waals surface area contributed by atoms with Crippen LogP contribution in [0, 0.1) is 13.8 Å². The van der Waals surface area contributed by atoms with E-state index >= 15 is 0 Å². The third-order valence-corrected chi connectivity index (χ3v) is 5.46. The molecule has 0 radical (unpaired) electrons. The van der Waals surface area contributed by atoms with Crippen molar-refractivity contribution in [2.45, 2.75) is 30.2 Å².